The van der Waals surface area contributed by atoms with Crippen LogP contribution in [-0.4, -0.2) is 18.3 Å². The van der Waals surface area contributed by atoms with Crippen molar-refractivity contribution in [2.75, 3.05) is 0 Å². The monoisotopic (exact) mass is 361 g/mol. The van der Waals surface area contributed by atoms with Crippen LogP contribution in [0.4, 0.5) is 5.69 Å². The highest BCUT2D eigenvalue weighted by molar-refractivity contribution is 7.89. The molecule has 0 aliphatic carbocycles. The van der Waals surface area contributed by atoms with Crippen LogP contribution < -0.4 is 5.14 Å². The quantitative estimate of drug-likeness (QED) is 0.566. The summed E-state index contributed by atoms with van der Waals surface area (Å²) in [6.07, 6.45) is 1.60. The SMILES string of the molecule is NS(=O)(=O)c1ccc(-c2cccc([N+](=O)[O-])c2)c(-c2nccs2)c1. The van der Waals surface area contributed by atoms with E-state index < -0.39 is 14.9 Å². The van der Waals surface area contributed by atoms with E-state index in [4.69, 9.17) is 5.14 Å². The van der Waals surface area contributed by atoms with E-state index in [-0.39, 0.29) is 10.6 Å². The number of thiazole rings is 1. The lowest BCUT2D eigenvalue weighted by Gasteiger charge is -2.10. The first kappa shape index (κ1) is 16.2. The summed E-state index contributed by atoms with van der Waals surface area (Å²) in [7, 11) is -3.87. The first-order chi connectivity index (χ1) is 11.4. The Morgan fingerprint density at radius 3 is 2.54 bits per heavy atom. The summed E-state index contributed by atoms with van der Waals surface area (Å²) in [5.74, 6) is 0. The number of rotatable bonds is 4. The fourth-order valence-corrected chi connectivity index (χ4v) is 3.48. The molecule has 0 saturated heterocycles. The van der Waals surface area contributed by atoms with Crippen molar-refractivity contribution in [2.45, 2.75) is 4.90 Å². The normalized spacial score (nSPS) is 11.4. The van der Waals surface area contributed by atoms with Crippen LogP contribution in [0.2, 0.25) is 0 Å². The summed E-state index contributed by atoms with van der Waals surface area (Å²) in [6.45, 7) is 0. The summed E-state index contributed by atoms with van der Waals surface area (Å²) in [4.78, 5) is 14.7. The van der Waals surface area contributed by atoms with Crippen molar-refractivity contribution in [3.63, 3.8) is 0 Å². The third kappa shape index (κ3) is 3.18. The lowest BCUT2D eigenvalue weighted by atomic mass is 9.99. The molecule has 0 amide bonds. The van der Waals surface area contributed by atoms with Gasteiger partial charge >= 0.3 is 0 Å². The smallest absolute Gasteiger partial charge is 0.258 e. The zero-order valence-corrected chi connectivity index (χ0v) is 13.8. The number of primary sulfonamides is 1. The molecule has 1 heterocycles. The highest BCUT2D eigenvalue weighted by atomic mass is 32.2. The Kier molecular flexibility index (Phi) is 4.14. The van der Waals surface area contributed by atoms with Gasteiger partial charge in [-0.15, -0.1) is 11.3 Å². The average molecular weight is 361 g/mol. The number of nitrogens with two attached hydrogens (primary N) is 1. The number of sulfonamides is 1. The van der Waals surface area contributed by atoms with Gasteiger partial charge in [-0.2, -0.15) is 0 Å². The molecule has 0 atom stereocenters. The fourth-order valence-electron chi connectivity index (χ4n) is 2.27. The van der Waals surface area contributed by atoms with Crippen LogP contribution in [0.15, 0.2) is 58.9 Å². The first-order valence-corrected chi connectivity index (χ1v) is 9.10. The lowest BCUT2D eigenvalue weighted by Crippen LogP contribution is -2.12. The summed E-state index contributed by atoms with van der Waals surface area (Å²) in [6, 6.07) is 10.5. The van der Waals surface area contributed by atoms with Gasteiger partial charge < -0.3 is 0 Å². The van der Waals surface area contributed by atoms with Crippen LogP contribution in [0.3, 0.4) is 0 Å². The molecule has 3 rings (SSSR count). The van der Waals surface area contributed by atoms with Gasteiger partial charge in [-0.25, -0.2) is 18.5 Å². The molecular weight excluding hydrogens is 350 g/mol. The highest BCUT2D eigenvalue weighted by Crippen LogP contribution is 2.36. The molecule has 0 aliphatic heterocycles. The van der Waals surface area contributed by atoms with Crippen molar-refractivity contribution in [1.82, 2.24) is 4.98 Å². The van der Waals surface area contributed by atoms with Crippen LogP contribution in [0.25, 0.3) is 21.7 Å². The van der Waals surface area contributed by atoms with Crippen molar-refractivity contribution in [3.05, 3.63) is 64.2 Å². The van der Waals surface area contributed by atoms with E-state index in [1.54, 1.807) is 29.8 Å². The second-order valence-electron chi connectivity index (χ2n) is 4.90. The third-order valence-electron chi connectivity index (χ3n) is 3.35. The van der Waals surface area contributed by atoms with E-state index >= 15 is 0 Å². The van der Waals surface area contributed by atoms with Crippen LogP contribution in [0.5, 0.6) is 0 Å². The number of aromatic nitrogens is 1. The minimum absolute atomic E-state index is 0.0399. The molecule has 0 radical (unpaired) electrons. The van der Waals surface area contributed by atoms with Crippen LogP contribution in [0.1, 0.15) is 0 Å². The lowest BCUT2D eigenvalue weighted by molar-refractivity contribution is -0.384. The molecule has 2 aromatic carbocycles. The Bertz CT molecular complexity index is 1010. The molecule has 0 saturated carbocycles. The molecule has 1 aromatic heterocycles. The Balaban J connectivity index is 2.25. The molecule has 2 N–H and O–H groups in total. The predicted molar refractivity (Wildman–Crippen MR) is 91.0 cm³/mol. The Morgan fingerprint density at radius 2 is 1.92 bits per heavy atom. The average Bonchev–Trinajstić information content (AvgIpc) is 3.08. The molecule has 24 heavy (non-hydrogen) atoms. The topological polar surface area (TPSA) is 116 Å². The van der Waals surface area contributed by atoms with Gasteiger partial charge in [0.05, 0.1) is 9.82 Å². The van der Waals surface area contributed by atoms with Crippen molar-refractivity contribution >= 4 is 27.0 Å². The number of hydrogen-bond donors (Lipinski definition) is 1. The van der Waals surface area contributed by atoms with Gasteiger partial charge in [0, 0.05) is 29.3 Å². The van der Waals surface area contributed by atoms with Gasteiger partial charge in [0.2, 0.25) is 10.0 Å². The maximum Gasteiger partial charge on any atom is 0.270 e. The number of hydrogen-bond acceptors (Lipinski definition) is 6. The van der Waals surface area contributed by atoms with Crippen LogP contribution >= 0.6 is 11.3 Å². The Morgan fingerprint density at radius 1 is 1.12 bits per heavy atom. The van der Waals surface area contributed by atoms with Gasteiger partial charge in [0.25, 0.3) is 5.69 Å². The zero-order chi connectivity index (χ0) is 17.3. The predicted octanol–water partition coefficient (Wildman–Crippen LogP) is 3.03. The molecular formula is C15H11N3O4S2. The summed E-state index contributed by atoms with van der Waals surface area (Å²) >= 11 is 1.33. The van der Waals surface area contributed by atoms with E-state index in [1.807, 2.05) is 0 Å². The molecule has 0 aliphatic rings. The second kappa shape index (κ2) is 6.11. The summed E-state index contributed by atoms with van der Waals surface area (Å²) in [5.41, 5.74) is 1.74. The number of benzene rings is 2. The van der Waals surface area contributed by atoms with Crippen molar-refractivity contribution < 1.29 is 13.3 Å². The number of nitro benzene ring substituents is 1. The number of nitro groups is 1. The largest absolute Gasteiger partial charge is 0.270 e. The number of non-ortho nitro benzene ring substituents is 1. The van der Waals surface area contributed by atoms with E-state index in [0.717, 1.165) is 0 Å². The first-order valence-electron chi connectivity index (χ1n) is 6.68. The van der Waals surface area contributed by atoms with E-state index in [9.17, 15) is 18.5 Å². The summed E-state index contributed by atoms with van der Waals surface area (Å²) in [5, 5.41) is 18.5. The van der Waals surface area contributed by atoms with Crippen molar-refractivity contribution in [1.29, 1.82) is 0 Å². The zero-order valence-electron chi connectivity index (χ0n) is 12.1. The molecule has 7 nitrogen and oxygen atoms in total. The van der Waals surface area contributed by atoms with Gasteiger partial charge in [-0.1, -0.05) is 18.2 Å². The maximum absolute atomic E-state index is 11.6. The summed E-state index contributed by atoms with van der Waals surface area (Å²) < 4.78 is 23.2. The van der Waals surface area contributed by atoms with Gasteiger partial charge in [0.15, 0.2) is 0 Å². The minimum Gasteiger partial charge on any atom is -0.258 e. The van der Waals surface area contributed by atoms with E-state index in [0.29, 0.717) is 21.7 Å². The molecule has 0 spiro atoms. The standard InChI is InChI=1S/C15H11N3O4S2/c16-24(21,22)12-4-5-13(14(9-12)15-17-6-7-23-15)10-2-1-3-11(8-10)18(19)20/h1-9H,(H2,16,21,22). The molecule has 9 heteroatoms. The van der Waals surface area contributed by atoms with Gasteiger partial charge in [-0.3, -0.25) is 10.1 Å². The van der Waals surface area contributed by atoms with Gasteiger partial charge in [-0.05, 0) is 23.3 Å². The maximum atomic E-state index is 11.6. The molecule has 3 aromatic rings. The second-order valence-corrected chi connectivity index (χ2v) is 7.35. The Hall–Kier alpha value is -2.62. The van der Waals surface area contributed by atoms with Gasteiger partial charge in [0.1, 0.15) is 5.01 Å². The minimum atomic E-state index is -3.87. The van der Waals surface area contributed by atoms with E-state index in [1.165, 1.54) is 35.6 Å². The van der Waals surface area contributed by atoms with E-state index in [2.05, 4.69) is 4.98 Å². The third-order valence-corrected chi connectivity index (χ3v) is 5.07. The molecule has 122 valence electrons. The Labute approximate surface area is 141 Å². The fraction of sp³-hybridized carbons (Fsp3) is 0. The highest BCUT2D eigenvalue weighted by Gasteiger charge is 2.17. The van der Waals surface area contributed by atoms with Crippen molar-refractivity contribution in [3.8, 4) is 21.7 Å². The molecule has 0 bridgehead atoms. The molecule has 0 fully saturated rings. The van der Waals surface area contributed by atoms with Crippen LogP contribution in [-0.2, 0) is 10.0 Å². The van der Waals surface area contributed by atoms with Crippen molar-refractivity contribution in [2.24, 2.45) is 5.14 Å². The number of nitrogens with zero attached hydrogens (tertiary/aromatic N) is 2. The van der Waals surface area contributed by atoms with Crippen LogP contribution in [0, 0.1) is 10.1 Å². The molecule has 0 unspecified atom stereocenters.